The Morgan fingerprint density at radius 1 is 0.750 bits per heavy atom. The van der Waals surface area contributed by atoms with E-state index >= 15 is 0 Å². The van der Waals surface area contributed by atoms with Crippen LogP contribution in [0.25, 0.3) is 11.1 Å². The first-order valence-electron chi connectivity index (χ1n) is 9.78. The van der Waals surface area contributed by atoms with E-state index < -0.39 is 39.2 Å². The molecular formula is C23H17Cl4NO4. The van der Waals surface area contributed by atoms with Gasteiger partial charge in [-0.05, 0) is 23.3 Å². The van der Waals surface area contributed by atoms with Crippen LogP contribution in [0, 0.1) is 11.8 Å². The number of hydrogen-bond acceptors (Lipinski definition) is 4. The molecule has 1 saturated heterocycles. The van der Waals surface area contributed by atoms with Crippen molar-refractivity contribution >= 4 is 63.9 Å². The van der Waals surface area contributed by atoms with Crippen LogP contribution in [0.15, 0.2) is 64.7 Å². The SMILES string of the molecule is COC1(OC)[C@@]2(Cl)C(Cl)=C(Cl)[C@@]1(Cl)[C@H]1C(=O)N(c3ccc(-c4ccccc4)cc3)C(=O)[C@H]12. The maximum Gasteiger partial charge on any atom is 0.240 e. The highest BCUT2D eigenvalue weighted by atomic mass is 35.5. The summed E-state index contributed by atoms with van der Waals surface area (Å²) in [5.74, 6) is -5.09. The smallest absolute Gasteiger partial charge is 0.240 e. The second kappa shape index (κ2) is 7.20. The summed E-state index contributed by atoms with van der Waals surface area (Å²) in [5.41, 5.74) is 2.36. The maximum absolute atomic E-state index is 13.6. The number of carbonyl (C=O) groups is 2. The van der Waals surface area contributed by atoms with Crippen molar-refractivity contribution in [3.8, 4) is 11.1 Å². The molecule has 2 aromatic rings. The summed E-state index contributed by atoms with van der Waals surface area (Å²) in [6.45, 7) is 0. The van der Waals surface area contributed by atoms with Crippen LogP contribution in [0.1, 0.15) is 0 Å². The van der Waals surface area contributed by atoms with Crippen molar-refractivity contribution in [2.24, 2.45) is 11.8 Å². The van der Waals surface area contributed by atoms with E-state index in [2.05, 4.69) is 0 Å². The molecule has 0 spiro atoms. The van der Waals surface area contributed by atoms with Crippen LogP contribution in [0.5, 0.6) is 0 Å². The molecule has 4 atom stereocenters. The predicted octanol–water partition coefficient (Wildman–Crippen LogP) is 5.12. The van der Waals surface area contributed by atoms with Gasteiger partial charge in [0, 0.05) is 14.2 Å². The zero-order valence-corrected chi connectivity index (χ0v) is 20.0. The van der Waals surface area contributed by atoms with Gasteiger partial charge in [-0.15, -0.1) is 23.2 Å². The van der Waals surface area contributed by atoms with E-state index in [1.807, 2.05) is 42.5 Å². The van der Waals surface area contributed by atoms with Crippen LogP contribution in [0.4, 0.5) is 5.69 Å². The Labute approximate surface area is 204 Å². The van der Waals surface area contributed by atoms with Crippen LogP contribution in [0.2, 0.25) is 0 Å². The molecular weight excluding hydrogens is 496 g/mol. The van der Waals surface area contributed by atoms with E-state index in [1.165, 1.54) is 14.2 Å². The molecule has 32 heavy (non-hydrogen) atoms. The molecule has 0 aromatic heterocycles. The molecule has 2 bridgehead atoms. The number of halogens is 4. The van der Waals surface area contributed by atoms with Gasteiger partial charge >= 0.3 is 0 Å². The Kier molecular flexibility index (Phi) is 4.99. The normalized spacial score (nSPS) is 32.8. The fourth-order valence-corrected chi connectivity index (χ4v) is 7.55. The van der Waals surface area contributed by atoms with Crippen LogP contribution in [0.3, 0.4) is 0 Å². The van der Waals surface area contributed by atoms with Gasteiger partial charge in [-0.3, -0.25) is 9.59 Å². The van der Waals surface area contributed by atoms with Gasteiger partial charge in [-0.25, -0.2) is 4.90 Å². The third kappa shape index (κ3) is 2.29. The lowest BCUT2D eigenvalue weighted by molar-refractivity contribution is -0.221. The monoisotopic (exact) mass is 511 g/mol. The number of amides is 2. The number of hydrogen-bond donors (Lipinski definition) is 0. The molecule has 5 rings (SSSR count). The predicted molar refractivity (Wildman–Crippen MR) is 124 cm³/mol. The molecule has 2 amide bonds. The first-order valence-corrected chi connectivity index (χ1v) is 11.3. The van der Waals surface area contributed by atoms with Crippen molar-refractivity contribution in [1.82, 2.24) is 0 Å². The zero-order chi connectivity index (χ0) is 23.1. The van der Waals surface area contributed by atoms with Gasteiger partial charge in [0.2, 0.25) is 17.6 Å². The highest BCUT2D eigenvalue weighted by Gasteiger charge is 2.89. The fourth-order valence-electron chi connectivity index (χ4n) is 5.39. The van der Waals surface area contributed by atoms with E-state index in [0.29, 0.717) is 5.69 Å². The minimum absolute atomic E-state index is 0.0526. The topological polar surface area (TPSA) is 55.8 Å². The molecule has 5 nitrogen and oxygen atoms in total. The highest BCUT2D eigenvalue weighted by molar-refractivity contribution is 6.54. The second-order valence-corrected chi connectivity index (χ2v) is 9.90. The molecule has 0 radical (unpaired) electrons. The first kappa shape index (κ1) is 22.2. The number of carbonyl (C=O) groups excluding carboxylic acids is 2. The molecule has 3 aliphatic rings. The average molecular weight is 513 g/mol. The lowest BCUT2D eigenvalue weighted by Crippen LogP contribution is -2.60. The standard InChI is InChI=1S/C23H17Cl4NO4/c1-31-23(32-2)21(26)15-16(22(23,27)18(25)17(21)24)20(30)28(19(15)29)14-10-8-13(9-11-14)12-6-4-3-5-7-12/h3-11,15-16H,1-2H3/t15-,16+,21-,22-/m0/s1. The summed E-state index contributed by atoms with van der Waals surface area (Å²) in [6.07, 6.45) is 0. The number of fused-ring (bicyclic) bond motifs is 5. The van der Waals surface area contributed by atoms with Gasteiger partial charge in [-0.1, -0.05) is 65.7 Å². The van der Waals surface area contributed by atoms with Crippen molar-refractivity contribution in [3.05, 3.63) is 64.7 Å². The lowest BCUT2D eigenvalue weighted by atomic mass is 9.84. The van der Waals surface area contributed by atoms with E-state index in [4.69, 9.17) is 55.9 Å². The van der Waals surface area contributed by atoms with E-state index in [-0.39, 0.29) is 10.1 Å². The molecule has 1 heterocycles. The molecule has 2 aromatic carbocycles. The van der Waals surface area contributed by atoms with Crippen molar-refractivity contribution in [2.75, 3.05) is 19.1 Å². The Hall–Kier alpha value is -1.60. The zero-order valence-electron chi connectivity index (χ0n) is 16.9. The number of anilines is 1. The highest BCUT2D eigenvalue weighted by Crippen LogP contribution is 2.75. The van der Waals surface area contributed by atoms with Crippen LogP contribution < -0.4 is 4.90 Å². The van der Waals surface area contributed by atoms with Crippen LogP contribution in [-0.2, 0) is 19.1 Å². The van der Waals surface area contributed by atoms with Crippen molar-refractivity contribution < 1.29 is 19.1 Å². The average Bonchev–Trinajstić information content (AvgIpc) is 3.24. The third-order valence-corrected chi connectivity index (χ3v) is 9.37. The Bertz CT molecular complexity index is 1120. The maximum atomic E-state index is 13.6. The number of imide groups is 1. The summed E-state index contributed by atoms with van der Waals surface area (Å²) in [6, 6.07) is 16.9. The number of methoxy groups -OCH3 is 2. The van der Waals surface area contributed by atoms with Crippen LogP contribution in [-0.4, -0.2) is 41.6 Å². The molecule has 2 aliphatic carbocycles. The molecule has 0 N–H and O–H groups in total. The van der Waals surface area contributed by atoms with Gasteiger partial charge in [0.25, 0.3) is 0 Å². The number of rotatable bonds is 4. The van der Waals surface area contributed by atoms with Crippen molar-refractivity contribution in [3.63, 3.8) is 0 Å². The quantitative estimate of drug-likeness (QED) is 0.324. The van der Waals surface area contributed by atoms with E-state index in [1.54, 1.807) is 12.1 Å². The first-order chi connectivity index (χ1) is 15.2. The minimum Gasteiger partial charge on any atom is -0.350 e. The molecule has 0 unspecified atom stereocenters. The van der Waals surface area contributed by atoms with Gasteiger partial charge in [0.15, 0.2) is 0 Å². The number of ether oxygens (including phenoxy) is 2. The summed E-state index contributed by atoms with van der Waals surface area (Å²) in [5, 5.41) is -0.105. The van der Waals surface area contributed by atoms with Gasteiger partial charge < -0.3 is 9.47 Å². The van der Waals surface area contributed by atoms with Crippen molar-refractivity contribution in [1.29, 1.82) is 0 Å². The molecule has 1 saturated carbocycles. The van der Waals surface area contributed by atoms with Crippen LogP contribution >= 0.6 is 46.4 Å². The third-order valence-electron chi connectivity index (χ3n) is 6.76. The Balaban J connectivity index is 1.59. The van der Waals surface area contributed by atoms with Gasteiger partial charge in [0.1, 0.15) is 9.75 Å². The van der Waals surface area contributed by atoms with Crippen molar-refractivity contribution in [2.45, 2.75) is 15.5 Å². The summed E-state index contributed by atoms with van der Waals surface area (Å²) in [7, 11) is 2.65. The lowest BCUT2D eigenvalue weighted by Gasteiger charge is -2.42. The minimum atomic E-state index is -1.79. The van der Waals surface area contributed by atoms with E-state index in [9.17, 15) is 9.59 Å². The Morgan fingerprint density at radius 3 is 1.62 bits per heavy atom. The molecule has 1 aliphatic heterocycles. The Morgan fingerprint density at radius 2 is 1.19 bits per heavy atom. The second-order valence-electron chi connectivity index (χ2n) is 7.96. The largest absolute Gasteiger partial charge is 0.350 e. The summed E-state index contributed by atoms with van der Waals surface area (Å²) in [4.78, 5) is 24.8. The molecule has 2 fully saturated rings. The fraction of sp³-hybridized carbons (Fsp3) is 0.304. The molecule has 9 heteroatoms. The number of benzene rings is 2. The number of nitrogens with zero attached hydrogens (tertiary/aromatic N) is 1. The van der Waals surface area contributed by atoms with E-state index in [0.717, 1.165) is 16.0 Å². The summed E-state index contributed by atoms with van der Waals surface area (Å²) < 4.78 is 11.2. The number of alkyl halides is 2. The van der Waals surface area contributed by atoms with Gasteiger partial charge in [0.05, 0.1) is 27.6 Å². The summed E-state index contributed by atoms with van der Waals surface area (Å²) >= 11 is 26.9. The molecule has 166 valence electrons. The van der Waals surface area contributed by atoms with Gasteiger partial charge in [-0.2, -0.15) is 0 Å².